The minimum atomic E-state index is -0.296. The van der Waals surface area contributed by atoms with Gasteiger partial charge in [-0.15, -0.1) is 0 Å². The molecule has 0 bridgehead atoms. The van der Waals surface area contributed by atoms with E-state index >= 15 is 0 Å². The fourth-order valence-corrected chi connectivity index (χ4v) is 1.58. The topological polar surface area (TPSA) is 38.8 Å². The van der Waals surface area contributed by atoms with Gasteiger partial charge in [0.05, 0.1) is 13.2 Å². The van der Waals surface area contributed by atoms with Crippen molar-refractivity contribution >= 4 is 12.0 Å². The van der Waals surface area contributed by atoms with Crippen LogP contribution in [0.4, 0.5) is 4.39 Å². The standard InChI is InChI=1S/C15H20FNO3/c1-19-11-9-17(10-12-20-2)15(18)8-5-13-3-6-14(16)7-4-13/h3-8H,9-12H2,1-2H3/b8-5+. The maximum atomic E-state index is 12.8. The molecule has 0 aliphatic carbocycles. The van der Waals surface area contributed by atoms with Gasteiger partial charge in [0.2, 0.25) is 5.91 Å². The highest BCUT2D eigenvalue weighted by Gasteiger charge is 2.09. The molecule has 1 amide bonds. The van der Waals surface area contributed by atoms with Crippen molar-refractivity contribution in [3.05, 3.63) is 41.7 Å². The van der Waals surface area contributed by atoms with Gasteiger partial charge in [-0.05, 0) is 23.8 Å². The van der Waals surface area contributed by atoms with Crippen LogP contribution < -0.4 is 0 Å². The van der Waals surface area contributed by atoms with Crippen molar-refractivity contribution in [3.8, 4) is 0 Å². The number of benzene rings is 1. The van der Waals surface area contributed by atoms with Gasteiger partial charge < -0.3 is 14.4 Å². The third-order valence-electron chi connectivity index (χ3n) is 2.73. The van der Waals surface area contributed by atoms with Gasteiger partial charge in [0, 0.05) is 33.4 Å². The molecule has 0 saturated heterocycles. The molecule has 4 nitrogen and oxygen atoms in total. The van der Waals surface area contributed by atoms with Crippen LogP contribution in [0.1, 0.15) is 5.56 Å². The molecule has 1 rings (SSSR count). The summed E-state index contributed by atoms with van der Waals surface area (Å²) in [5.41, 5.74) is 0.776. The average Bonchev–Trinajstić information content (AvgIpc) is 2.46. The second-order valence-corrected chi connectivity index (χ2v) is 4.20. The zero-order valence-corrected chi connectivity index (χ0v) is 11.8. The van der Waals surface area contributed by atoms with Crippen LogP contribution >= 0.6 is 0 Å². The SMILES string of the molecule is COCCN(CCOC)C(=O)/C=C/c1ccc(F)cc1. The van der Waals surface area contributed by atoms with E-state index in [1.165, 1.54) is 18.2 Å². The summed E-state index contributed by atoms with van der Waals surface area (Å²) in [5.74, 6) is -0.418. The van der Waals surface area contributed by atoms with Crippen LogP contribution in [0.3, 0.4) is 0 Å². The van der Waals surface area contributed by atoms with Gasteiger partial charge in [0.1, 0.15) is 5.82 Å². The second-order valence-electron chi connectivity index (χ2n) is 4.20. The first-order valence-corrected chi connectivity index (χ1v) is 6.38. The Balaban J connectivity index is 2.61. The molecule has 0 atom stereocenters. The molecule has 0 saturated carbocycles. The highest BCUT2D eigenvalue weighted by atomic mass is 19.1. The molecule has 0 fully saturated rings. The van der Waals surface area contributed by atoms with Crippen molar-refractivity contribution in [3.63, 3.8) is 0 Å². The lowest BCUT2D eigenvalue weighted by atomic mass is 10.2. The minimum absolute atomic E-state index is 0.122. The molecule has 0 aliphatic rings. The fourth-order valence-electron chi connectivity index (χ4n) is 1.58. The van der Waals surface area contributed by atoms with Crippen molar-refractivity contribution < 1.29 is 18.7 Å². The average molecular weight is 281 g/mol. The van der Waals surface area contributed by atoms with E-state index in [1.807, 2.05) is 0 Å². The Labute approximate surface area is 118 Å². The van der Waals surface area contributed by atoms with E-state index < -0.39 is 0 Å². The van der Waals surface area contributed by atoms with Crippen molar-refractivity contribution in [1.29, 1.82) is 0 Å². The molecule has 1 aromatic carbocycles. The van der Waals surface area contributed by atoms with Crippen molar-refractivity contribution in [2.45, 2.75) is 0 Å². The Hall–Kier alpha value is -1.72. The number of halogens is 1. The molecule has 0 heterocycles. The molecule has 0 N–H and O–H groups in total. The molecule has 0 radical (unpaired) electrons. The van der Waals surface area contributed by atoms with Crippen LogP contribution in [0.15, 0.2) is 30.3 Å². The maximum absolute atomic E-state index is 12.8. The summed E-state index contributed by atoms with van der Waals surface area (Å²) in [4.78, 5) is 13.7. The first-order valence-electron chi connectivity index (χ1n) is 6.38. The highest BCUT2D eigenvalue weighted by molar-refractivity contribution is 5.91. The van der Waals surface area contributed by atoms with Crippen LogP contribution in [0, 0.1) is 5.82 Å². The van der Waals surface area contributed by atoms with E-state index in [0.29, 0.717) is 26.3 Å². The largest absolute Gasteiger partial charge is 0.383 e. The smallest absolute Gasteiger partial charge is 0.246 e. The quantitative estimate of drug-likeness (QED) is 0.684. The lowest BCUT2D eigenvalue weighted by Gasteiger charge is -2.20. The Morgan fingerprint density at radius 1 is 1.15 bits per heavy atom. The zero-order chi connectivity index (χ0) is 14.8. The Morgan fingerprint density at radius 3 is 2.20 bits per heavy atom. The second kappa shape index (κ2) is 9.23. The van der Waals surface area contributed by atoms with Gasteiger partial charge in [0.15, 0.2) is 0 Å². The van der Waals surface area contributed by atoms with Crippen LogP contribution in [0.25, 0.3) is 6.08 Å². The van der Waals surface area contributed by atoms with Crippen molar-refractivity contribution in [2.24, 2.45) is 0 Å². The summed E-state index contributed by atoms with van der Waals surface area (Å²) in [5, 5.41) is 0. The first-order chi connectivity index (χ1) is 9.67. The van der Waals surface area contributed by atoms with Gasteiger partial charge in [-0.3, -0.25) is 4.79 Å². The molecule has 20 heavy (non-hydrogen) atoms. The predicted octanol–water partition coefficient (Wildman–Crippen LogP) is 1.96. The van der Waals surface area contributed by atoms with Gasteiger partial charge in [-0.25, -0.2) is 4.39 Å². The summed E-state index contributed by atoms with van der Waals surface area (Å²) in [6.07, 6.45) is 3.13. The summed E-state index contributed by atoms with van der Waals surface area (Å²) >= 11 is 0. The lowest BCUT2D eigenvalue weighted by Crippen LogP contribution is -2.35. The predicted molar refractivity (Wildman–Crippen MR) is 75.8 cm³/mol. The Bertz CT molecular complexity index is 423. The number of rotatable bonds is 8. The van der Waals surface area contributed by atoms with E-state index in [-0.39, 0.29) is 11.7 Å². The zero-order valence-electron chi connectivity index (χ0n) is 11.8. The third kappa shape index (κ3) is 5.95. The first kappa shape index (κ1) is 16.3. The van der Waals surface area contributed by atoms with E-state index in [1.54, 1.807) is 37.3 Å². The molecular weight excluding hydrogens is 261 g/mol. The van der Waals surface area contributed by atoms with E-state index in [0.717, 1.165) is 5.56 Å². The molecule has 0 aromatic heterocycles. The molecule has 5 heteroatoms. The number of ether oxygens (including phenoxy) is 2. The van der Waals surface area contributed by atoms with E-state index in [4.69, 9.17) is 9.47 Å². The van der Waals surface area contributed by atoms with Crippen molar-refractivity contribution in [1.82, 2.24) is 4.90 Å². The van der Waals surface area contributed by atoms with Crippen LogP contribution in [0.2, 0.25) is 0 Å². The van der Waals surface area contributed by atoms with Gasteiger partial charge in [-0.1, -0.05) is 12.1 Å². The van der Waals surface area contributed by atoms with Crippen LogP contribution in [-0.2, 0) is 14.3 Å². The molecule has 0 unspecified atom stereocenters. The number of hydrogen-bond donors (Lipinski definition) is 0. The highest BCUT2D eigenvalue weighted by Crippen LogP contribution is 2.05. The van der Waals surface area contributed by atoms with Crippen LogP contribution in [-0.4, -0.2) is 51.3 Å². The number of amides is 1. The van der Waals surface area contributed by atoms with Crippen molar-refractivity contribution in [2.75, 3.05) is 40.5 Å². The number of hydrogen-bond acceptors (Lipinski definition) is 3. The summed E-state index contributed by atoms with van der Waals surface area (Å²) < 4.78 is 22.7. The van der Waals surface area contributed by atoms with E-state index in [9.17, 15) is 9.18 Å². The molecular formula is C15H20FNO3. The number of carbonyl (C=O) groups is 1. The molecule has 110 valence electrons. The van der Waals surface area contributed by atoms with Crippen LogP contribution in [0.5, 0.6) is 0 Å². The summed E-state index contributed by atoms with van der Waals surface area (Å²) in [6.45, 7) is 1.96. The maximum Gasteiger partial charge on any atom is 0.246 e. The van der Waals surface area contributed by atoms with E-state index in [2.05, 4.69) is 0 Å². The Kier molecular flexibility index (Phi) is 7.54. The minimum Gasteiger partial charge on any atom is -0.383 e. The summed E-state index contributed by atoms with van der Waals surface area (Å²) in [6, 6.07) is 5.96. The number of carbonyl (C=O) groups excluding carboxylic acids is 1. The van der Waals surface area contributed by atoms with Gasteiger partial charge in [-0.2, -0.15) is 0 Å². The number of nitrogens with zero attached hydrogens (tertiary/aromatic N) is 1. The normalized spacial score (nSPS) is 10.9. The molecule has 1 aromatic rings. The monoisotopic (exact) mass is 281 g/mol. The lowest BCUT2D eigenvalue weighted by molar-refractivity contribution is -0.127. The Morgan fingerprint density at radius 2 is 1.70 bits per heavy atom. The molecule has 0 spiro atoms. The third-order valence-corrected chi connectivity index (χ3v) is 2.73. The number of methoxy groups -OCH3 is 2. The summed E-state index contributed by atoms with van der Waals surface area (Å²) in [7, 11) is 3.18. The van der Waals surface area contributed by atoms with Gasteiger partial charge in [0.25, 0.3) is 0 Å². The fraction of sp³-hybridized carbons (Fsp3) is 0.400. The molecule has 0 aliphatic heterocycles. The van der Waals surface area contributed by atoms with Gasteiger partial charge >= 0.3 is 0 Å².